The molecule has 3 nitrogen and oxygen atoms in total. The maximum atomic E-state index is 12.2. The summed E-state index contributed by atoms with van der Waals surface area (Å²) in [5.41, 5.74) is 0. The van der Waals surface area contributed by atoms with E-state index in [4.69, 9.17) is 0 Å². The number of likely N-dealkylation sites (tertiary alicyclic amines) is 1. The van der Waals surface area contributed by atoms with Crippen molar-refractivity contribution in [3.8, 4) is 0 Å². The third-order valence-corrected chi connectivity index (χ3v) is 4.11. The molecule has 16 heavy (non-hydrogen) atoms. The van der Waals surface area contributed by atoms with Crippen LogP contribution < -0.4 is 0 Å². The van der Waals surface area contributed by atoms with Gasteiger partial charge in [0.1, 0.15) is 0 Å². The van der Waals surface area contributed by atoms with Gasteiger partial charge in [0.05, 0.1) is 0 Å². The van der Waals surface area contributed by atoms with Crippen molar-refractivity contribution in [2.24, 2.45) is 5.92 Å². The fourth-order valence-corrected chi connectivity index (χ4v) is 2.83. The van der Waals surface area contributed by atoms with Crippen molar-refractivity contribution in [1.29, 1.82) is 0 Å². The number of piperidine rings is 1. The Hall–Kier alpha value is -0.380. The molecule has 0 N–H and O–H groups in total. The summed E-state index contributed by atoms with van der Waals surface area (Å²) in [5.74, 6) is 1.66. The monoisotopic (exact) mass is 244 g/mol. The van der Waals surface area contributed by atoms with Crippen LogP contribution in [0.4, 0.5) is 4.79 Å². The zero-order chi connectivity index (χ0) is 12.1. The van der Waals surface area contributed by atoms with Gasteiger partial charge < -0.3 is 9.80 Å². The van der Waals surface area contributed by atoms with Gasteiger partial charge in [-0.05, 0) is 31.9 Å². The molecular formula is C12H24N2OS. The Morgan fingerprint density at radius 2 is 2.31 bits per heavy atom. The number of carbonyl (C=O) groups excluding carboxylic acids is 1. The minimum absolute atomic E-state index is 0.202. The largest absolute Gasteiger partial charge is 0.324 e. The highest BCUT2D eigenvalue weighted by Gasteiger charge is 2.25. The number of nitrogens with zero attached hydrogens (tertiary/aromatic N) is 2. The van der Waals surface area contributed by atoms with E-state index in [0.29, 0.717) is 12.0 Å². The minimum Gasteiger partial charge on any atom is -0.324 e. The lowest BCUT2D eigenvalue weighted by Crippen LogP contribution is -2.49. The van der Waals surface area contributed by atoms with Crippen LogP contribution in [-0.4, -0.2) is 54.0 Å². The summed E-state index contributed by atoms with van der Waals surface area (Å²) >= 11 is 1.79. The van der Waals surface area contributed by atoms with Crippen LogP contribution >= 0.6 is 11.8 Å². The number of carbonyl (C=O) groups is 1. The van der Waals surface area contributed by atoms with Crippen LogP contribution in [0.25, 0.3) is 0 Å². The van der Waals surface area contributed by atoms with Crippen molar-refractivity contribution in [1.82, 2.24) is 9.80 Å². The van der Waals surface area contributed by atoms with E-state index in [2.05, 4.69) is 20.1 Å². The van der Waals surface area contributed by atoms with Gasteiger partial charge in [-0.2, -0.15) is 11.8 Å². The van der Waals surface area contributed by atoms with Crippen LogP contribution in [0.5, 0.6) is 0 Å². The number of hydrogen-bond donors (Lipinski definition) is 0. The van der Waals surface area contributed by atoms with E-state index in [1.807, 2.05) is 16.8 Å². The van der Waals surface area contributed by atoms with Crippen molar-refractivity contribution in [3.63, 3.8) is 0 Å². The molecule has 2 unspecified atom stereocenters. The Balaban J connectivity index is 2.48. The molecule has 0 spiro atoms. The van der Waals surface area contributed by atoms with Gasteiger partial charge in [0.15, 0.2) is 0 Å². The maximum Gasteiger partial charge on any atom is 0.320 e. The quantitative estimate of drug-likeness (QED) is 0.761. The maximum absolute atomic E-state index is 12.2. The summed E-state index contributed by atoms with van der Waals surface area (Å²) in [6, 6.07) is 0.521. The Bertz CT molecular complexity index is 235. The smallest absolute Gasteiger partial charge is 0.320 e. The Morgan fingerprint density at radius 1 is 1.62 bits per heavy atom. The lowest BCUT2D eigenvalue weighted by Gasteiger charge is -2.36. The molecule has 0 aliphatic carbocycles. The van der Waals surface area contributed by atoms with Crippen LogP contribution in [0, 0.1) is 5.92 Å². The number of urea groups is 1. The molecule has 1 heterocycles. The fraction of sp³-hybridized carbons (Fsp3) is 0.917. The highest BCUT2D eigenvalue weighted by atomic mass is 32.2. The first-order valence-electron chi connectivity index (χ1n) is 6.07. The number of amides is 2. The Kier molecular flexibility index (Phi) is 5.46. The van der Waals surface area contributed by atoms with Crippen LogP contribution in [0.3, 0.4) is 0 Å². The summed E-state index contributed by atoms with van der Waals surface area (Å²) in [5, 5.41) is 0. The third-order valence-electron chi connectivity index (χ3n) is 3.30. The van der Waals surface area contributed by atoms with Gasteiger partial charge in [-0.3, -0.25) is 0 Å². The van der Waals surface area contributed by atoms with Gasteiger partial charge in [0.25, 0.3) is 0 Å². The third kappa shape index (κ3) is 3.58. The second kappa shape index (κ2) is 6.38. The molecule has 1 fully saturated rings. The van der Waals surface area contributed by atoms with Gasteiger partial charge in [0, 0.05) is 31.9 Å². The zero-order valence-corrected chi connectivity index (χ0v) is 11.7. The number of rotatable bonds is 3. The summed E-state index contributed by atoms with van der Waals surface area (Å²) in [4.78, 5) is 16.1. The van der Waals surface area contributed by atoms with E-state index in [0.717, 1.165) is 25.3 Å². The number of thioether (sulfide) groups is 1. The highest BCUT2D eigenvalue weighted by molar-refractivity contribution is 7.98. The summed E-state index contributed by atoms with van der Waals surface area (Å²) in [6.07, 6.45) is 4.49. The zero-order valence-electron chi connectivity index (χ0n) is 10.9. The average molecular weight is 244 g/mol. The van der Waals surface area contributed by atoms with Crippen LogP contribution in [0.1, 0.15) is 26.7 Å². The van der Waals surface area contributed by atoms with Crippen LogP contribution in [-0.2, 0) is 0 Å². The van der Waals surface area contributed by atoms with Crippen LogP contribution in [0.15, 0.2) is 0 Å². The van der Waals surface area contributed by atoms with Gasteiger partial charge in [0.2, 0.25) is 0 Å². The molecule has 1 aliphatic rings. The molecule has 1 rings (SSSR count). The van der Waals surface area contributed by atoms with Crippen molar-refractivity contribution in [2.75, 3.05) is 32.1 Å². The summed E-state index contributed by atoms with van der Waals surface area (Å²) in [6.45, 7) is 6.20. The lowest BCUT2D eigenvalue weighted by atomic mass is 10.0. The van der Waals surface area contributed by atoms with Crippen LogP contribution in [0.2, 0.25) is 0 Å². The molecule has 1 saturated heterocycles. The normalized spacial score (nSPS) is 23.0. The predicted octanol–water partition coefficient (Wildman–Crippen LogP) is 2.52. The molecule has 0 aromatic rings. The SMILES string of the molecule is CSCC(C)N(C)C(=O)N1CCCC(C)C1. The van der Waals surface area contributed by atoms with E-state index >= 15 is 0 Å². The molecule has 2 atom stereocenters. The summed E-state index contributed by atoms with van der Waals surface area (Å²) in [7, 11) is 1.92. The molecule has 0 aromatic carbocycles. The minimum atomic E-state index is 0.202. The molecule has 0 bridgehead atoms. The van der Waals surface area contributed by atoms with E-state index in [1.165, 1.54) is 6.42 Å². The van der Waals surface area contributed by atoms with Crippen molar-refractivity contribution in [2.45, 2.75) is 32.7 Å². The average Bonchev–Trinajstić information content (AvgIpc) is 2.27. The molecule has 0 radical (unpaired) electrons. The van der Waals surface area contributed by atoms with Gasteiger partial charge in [-0.15, -0.1) is 0 Å². The Morgan fingerprint density at radius 3 is 2.88 bits per heavy atom. The van der Waals surface area contributed by atoms with E-state index in [1.54, 1.807) is 11.8 Å². The lowest BCUT2D eigenvalue weighted by molar-refractivity contribution is 0.131. The van der Waals surface area contributed by atoms with Gasteiger partial charge in [-0.1, -0.05) is 6.92 Å². The topological polar surface area (TPSA) is 23.6 Å². The van der Waals surface area contributed by atoms with Crippen molar-refractivity contribution < 1.29 is 4.79 Å². The first kappa shape index (κ1) is 13.7. The van der Waals surface area contributed by atoms with E-state index < -0.39 is 0 Å². The van der Waals surface area contributed by atoms with E-state index in [9.17, 15) is 4.79 Å². The molecule has 0 saturated carbocycles. The van der Waals surface area contributed by atoms with Gasteiger partial charge in [-0.25, -0.2) is 4.79 Å². The first-order valence-corrected chi connectivity index (χ1v) is 7.46. The Labute approximate surface area is 104 Å². The van der Waals surface area contributed by atoms with E-state index in [-0.39, 0.29) is 6.03 Å². The molecule has 1 aliphatic heterocycles. The molecule has 2 amide bonds. The molecule has 0 aromatic heterocycles. The predicted molar refractivity (Wildman–Crippen MR) is 71.0 cm³/mol. The molecular weight excluding hydrogens is 220 g/mol. The van der Waals surface area contributed by atoms with Gasteiger partial charge >= 0.3 is 6.03 Å². The second-order valence-electron chi connectivity index (χ2n) is 4.89. The molecule has 4 heteroatoms. The molecule has 94 valence electrons. The van der Waals surface area contributed by atoms with Crippen molar-refractivity contribution >= 4 is 17.8 Å². The number of hydrogen-bond acceptors (Lipinski definition) is 2. The summed E-state index contributed by atoms with van der Waals surface area (Å²) < 4.78 is 0. The van der Waals surface area contributed by atoms with Crippen molar-refractivity contribution in [3.05, 3.63) is 0 Å². The fourth-order valence-electron chi connectivity index (χ4n) is 2.13. The standard InChI is InChI=1S/C12H24N2OS/c1-10-6-5-7-14(8-10)12(15)13(3)11(2)9-16-4/h10-11H,5-9H2,1-4H3. The first-order chi connectivity index (χ1) is 7.56. The highest BCUT2D eigenvalue weighted by Crippen LogP contribution is 2.17. The second-order valence-corrected chi connectivity index (χ2v) is 5.80.